The molecule has 0 atom stereocenters. The van der Waals surface area contributed by atoms with Crippen LogP contribution in [0.15, 0.2) is 35.1 Å². The maximum absolute atomic E-state index is 12.5. The van der Waals surface area contributed by atoms with Gasteiger partial charge in [-0.2, -0.15) is 9.29 Å². The summed E-state index contributed by atoms with van der Waals surface area (Å²) < 4.78 is 27.0. The van der Waals surface area contributed by atoms with E-state index in [1.807, 2.05) is 4.57 Å². The lowest BCUT2D eigenvalue weighted by Crippen LogP contribution is -2.41. The fourth-order valence-corrected chi connectivity index (χ4v) is 5.10. The molecule has 1 aliphatic carbocycles. The molecule has 2 aromatic heterocycles. The fourth-order valence-electron chi connectivity index (χ4n) is 4.17. The maximum atomic E-state index is 12.5. The summed E-state index contributed by atoms with van der Waals surface area (Å²) in [5.74, 6) is 0.481. The van der Waals surface area contributed by atoms with Crippen LogP contribution < -0.4 is 10.9 Å². The Labute approximate surface area is 164 Å². The number of nitrogens with zero attached hydrogens (tertiary/aromatic N) is 4. The van der Waals surface area contributed by atoms with Crippen LogP contribution in [0.2, 0.25) is 0 Å². The number of aromatic nitrogens is 3. The van der Waals surface area contributed by atoms with Crippen molar-refractivity contribution in [3.63, 3.8) is 0 Å². The number of hydrogen-bond acceptors (Lipinski definition) is 6. The minimum Gasteiger partial charge on any atom is -0.351 e. The second-order valence-electron chi connectivity index (χ2n) is 7.48. The standard InChI is InChI=1S/C19H25N5O3S/c1-2-28(26,27)23-11-9-15(10-12-23)21-19-20-13-14-7-8-17(25)24(18(14)22-19)16-5-3-4-6-16/h2,7-8,13,15-16H,1,3-6,9-12H2,(H,20,21,22). The zero-order valence-corrected chi connectivity index (χ0v) is 16.6. The van der Waals surface area contributed by atoms with E-state index in [4.69, 9.17) is 0 Å². The topological polar surface area (TPSA) is 97.2 Å². The van der Waals surface area contributed by atoms with Gasteiger partial charge in [0.2, 0.25) is 16.0 Å². The van der Waals surface area contributed by atoms with Crippen molar-refractivity contribution in [1.82, 2.24) is 18.8 Å². The van der Waals surface area contributed by atoms with Crippen LogP contribution in [0.5, 0.6) is 0 Å². The molecule has 9 heteroatoms. The monoisotopic (exact) mass is 403 g/mol. The summed E-state index contributed by atoms with van der Waals surface area (Å²) in [5, 5.41) is 5.16. The lowest BCUT2D eigenvalue weighted by Gasteiger charge is -2.30. The summed E-state index contributed by atoms with van der Waals surface area (Å²) in [4.78, 5) is 21.5. The van der Waals surface area contributed by atoms with E-state index in [0.29, 0.717) is 37.5 Å². The van der Waals surface area contributed by atoms with Crippen molar-refractivity contribution < 1.29 is 8.42 Å². The molecule has 0 bridgehead atoms. The molecule has 0 unspecified atom stereocenters. The molecule has 0 aromatic carbocycles. The highest BCUT2D eigenvalue weighted by molar-refractivity contribution is 7.92. The van der Waals surface area contributed by atoms with Crippen LogP contribution in [0.25, 0.3) is 11.0 Å². The van der Waals surface area contributed by atoms with Crippen molar-refractivity contribution in [3.05, 3.63) is 40.7 Å². The SMILES string of the molecule is C=CS(=O)(=O)N1CCC(Nc2ncc3ccc(=O)n(C4CCCC4)c3n2)CC1. The van der Waals surface area contributed by atoms with Crippen LogP contribution in [0, 0.1) is 0 Å². The normalized spacial score (nSPS) is 19.9. The van der Waals surface area contributed by atoms with Gasteiger partial charge in [-0.15, -0.1) is 0 Å². The zero-order chi connectivity index (χ0) is 19.7. The number of hydrogen-bond donors (Lipinski definition) is 1. The first-order valence-corrected chi connectivity index (χ1v) is 11.3. The average Bonchev–Trinajstić information content (AvgIpc) is 3.22. The van der Waals surface area contributed by atoms with Crippen molar-refractivity contribution in [1.29, 1.82) is 0 Å². The molecule has 1 aliphatic heterocycles. The lowest BCUT2D eigenvalue weighted by molar-refractivity contribution is 0.332. The Morgan fingerprint density at radius 1 is 1.14 bits per heavy atom. The molecular weight excluding hydrogens is 378 g/mol. The van der Waals surface area contributed by atoms with Crippen LogP contribution >= 0.6 is 0 Å². The van der Waals surface area contributed by atoms with E-state index in [1.165, 1.54) is 4.31 Å². The highest BCUT2D eigenvalue weighted by Gasteiger charge is 2.26. The van der Waals surface area contributed by atoms with Gasteiger partial charge in [0.15, 0.2) is 0 Å². The highest BCUT2D eigenvalue weighted by atomic mass is 32.2. The van der Waals surface area contributed by atoms with Crippen molar-refractivity contribution in [2.75, 3.05) is 18.4 Å². The summed E-state index contributed by atoms with van der Waals surface area (Å²) in [6.07, 6.45) is 7.35. The quantitative estimate of drug-likeness (QED) is 0.822. The minimum atomic E-state index is -3.37. The third-order valence-corrected chi connectivity index (χ3v) is 7.22. The Balaban J connectivity index is 1.55. The van der Waals surface area contributed by atoms with E-state index < -0.39 is 10.0 Å². The van der Waals surface area contributed by atoms with Gasteiger partial charge >= 0.3 is 0 Å². The van der Waals surface area contributed by atoms with E-state index in [1.54, 1.807) is 18.3 Å². The molecule has 1 saturated carbocycles. The van der Waals surface area contributed by atoms with Gasteiger partial charge in [0.05, 0.1) is 0 Å². The molecular formula is C19H25N5O3S. The van der Waals surface area contributed by atoms with E-state index in [0.717, 1.165) is 36.5 Å². The van der Waals surface area contributed by atoms with Crippen LogP contribution in [-0.4, -0.2) is 46.4 Å². The van der Waals surface area contributed by atoms with Crippen molar-refractivity contribution in [3.8, 4) is 0 Å². The molecule has 3 heterocycles. The number of sulfonamides is 1. The van der Waals surface area contributed by atoms with E-state index >= 15 is 0 Å². The molecule has 150 valence electrons. The lowest BCUT2D eigenvalue weighted by atomic mass is 10.1. The van der Waals surface area contributed by atoms with Gasteiger partial charge in [-0.25, -0.2) is 13.4 Å². The second kappa shape index (κ2) is 7.63. The number of pyridine rings is 1. The van der Waals surface area contributed by atoms with Crippen molar-refractivity contribution in [2.45, 2.75) is 50.6 Å². The first kappa shape index (κ1) is 19.1. The molecule has 0 spiro atoms. The van der Waals surface area contributed by atoms with E-state index in [2.05, 4.69) is 21.9 Å². The Morgan fingerprint density at radius 2 is 1.86 bits per heavy atom. The van der Waals surface area contributed by atoms with Crippen LogP contribution in [0.4, 0.5) is 5.95 Å². The third kappa shape index (κ3) is 3.68. The molecule has 28 heavy (non-hydrogen) atoms. The summed E-state index contributed by atoms with van der Waals surface area (Å²) in [6.45, 7) is 4.25. The maximum Gasteiger partial charge on any atom is 0.252 e. The summed E-state index contributed by atoms with van der Waals surface area (Å²) in [5.41, 5.74) is 0.649. The first-order valence-electron chi connectivity index (χ1n) is 9.75. The van der Waals surface area contributed by atoms with E-state index in [9.17, 15) is 13.2 Å². The van der Waals surface area contributed by atoms with Crippen LogP contribution in [0.1, 0.15) is 44.6 Å². The Bertz CT molecular complexity index is 1040. The van der Waals surface area contributed by atoms with E-state index in [-0.39, 0.29) is 17.6 Å². The number of fused-ring (bicyclic) bond motifs is 1. The summed E-state index contributed by atoms with van der Waals surface area (Å²) >= 11 is 0. The smallest absolute Gasteiger partial charge is 0.252 e. The van der Waals surface area contributed by atoms with Crippen molar-refractivity contribution >= 4 is 27.0 Å². The first-order chi connectivity index (χ1) is 13.5. The molecule has 2 aliphatic rings. The molecule has 1 N–H and O–H groups in total. The Morgan fingerprint density at radius 3 is 2.54 bits per heavy atom. The van der Waals surface area contributed by atoms with Gasteiger partial charge in [-0.1, -0.05) is 19.4 Å². The number of piperidine rings is 1. The molecule has 0 amide bonds. The molecule has 2 fully saturated rings. The van der Waals surface area contributed by atoms with Gasteiger partial charge in [-0.3, -0.25) is 9.36 Å². The predicted molar refractivity (Wildman–Crippen MR) is 109 cm³/mol. The largest absolute Gasteiger partial charge is 0.351 e. The molecule has 1 saturated heterocycles. The third-order valence-electron chi connectivity index (χ3n) is 5.71. The Kier molecular flexibility index (Phi) is 5.20. The molecule has 2 aromatic rings. The van der Waals surface area contributed by atoms with Crippen LogP contribution in [0.3, 0.4) is 0 Å². The Hall–Kier alpha value is -2.26. The minimum absolute atomic E-state index is 0.0213. The van der Waals surface area contributed by atoms with Gasteiger partial charge in [0.1, 0.15) is 5.65 Å². The van der Waals surface area contributed by atoms with Crippen LogP contribution in [-0.2, 0) is 10.0 Å². The second-order valence-corrected chi connectivity index (χ2v) is 9.36. The van der Waals surface area contributed by atoms with Gasteiger partial charge in [-0.05, 0) is 31.7 Å². The number of nitrogens with one attached hydrogen (secondary N) is 1. The predicted octanol–water partition coefficient (Wildman–Crippen LogP) is 2.26. The molecule has 8 nitrogen and oxygen atoms in total. The zero-order valence-electron chi connectivity index (χ0n) is 15.7. The number of anilines is 1. The van der Waals surface area contributed by atoms with Crippen molar-refractivity contribution in [2.24, 2.45) is 0 Å². The highest BCUT2D eigenvalue weighted by Crippen LogP contribution is 2.30. The van der Waals surface area contributed by atoms with Gasteiger partial charge in [0.25, 0.3) is 5.56 Å². The average molecular weight is 404 g/mol. The fraction of sp³-hybridized carbons (Fsp3) is 0.526. The van der Waals surface area contributed by atoms with Gasteiger partial charge in [0, 0.05) is 48.2 Å². The van der Waals surface area contributed by atoms with Gasteiger partial charge < -0.3 is 5.32 Å². The molecule has 0 radical (unpaired) electrons. The number of rotatable bonds is 5. The summed E-state index contributed by atoms with van der Waals surface area (Å²) in [7, 11) is -3.37. The molecule has 4 rings (SSSR count). The summed E-state index contributed by atoms with van der Waals surface area (Å²) in [6, 6.07) is 3.65.